The highest BCUT2D eigenvalue weighted by atomic mass is 31.2. The summed E-state index contributed by atoms with van der Waals surface area (Å²) in [5.41, 5.74) is 0. The van der Waals surface area contributed by atoms with Gasteiger partial charge in [-0.3, -0.25) is 37.3 Å². The second-order valence-electron chi connectivity index (χ2n) is 25.2. The third kappa shape index (κ3) is 67.3. The maximum atomic E-state index is 13.1. The molecule has 0 saturated heterocycles. The van der Waals surface area contributed by atoms with Crippen molar-refractivity contribution in [1.82, 2.24) is 0 Å². The van der Waals surface area contributed by atoms with Crippen LogP contribution in [0, 0.1) is 0 Å². The summed E-state index contributed by atoms with van der Waals surface area (Å²) in [4.78, 5) is 72.7. The predicted molar refractivity (Wildman–Crippen MR) is 381 cm³/mol. The Hall–Kier alpha value is -3.24. The molecule has 17 nitrogen and oxygen atoms in total. The number of ether oxygens (including phenoxy) is 4. The predicted octanol–water partition coefficient (Wildman–Crippen LogP) is 21.1. The first kappa shape index (κ1) is 90.8. The summed E-state index contributed by atoms with van der Waals surface area (Å²) >= 11 is 0. The minimum Gasteiger partial charge on any atom is -0.462 e. The molecule has 0 fully saturated rings. The van der Waals surface area contributed by atoms with Gasteiger partial charge in [-0.2, -0.15) is 0 Å². The Morgan fingerprint density at radius 1 is 0.298 bits per heavy atom. The fraction of sp³-hybridized carbons (Fsp3) is 0.813. The zero-order valence-corrected chi connectivity index (χ0v) is 61.4. The molecule has 5 unspecified atom stereocenters. The Balaban J connectivity index is 5.32. The van der Waals surface area contributed by atoms with E-state index in [1.54, 1.807) is 0 Å². The molecule has 0 aromatic heterocycles. The van der Waals surface area contributed by atoms with Gasteiger partial charge in [0, 0.05) is 25.7 Å². The van der Waals surface area contributed by atoms with Crippen molar-refractivity contribution in [3.63, 3.8) is 0 Å². The first-order chi connectivity index (χ1) is 45.7. The van der Waals surface area contributed by atoms with E-state index >= 15 is 0 Å². The number of carbonyl (C=O) groups is 4. The molecule has 0 aliphatic heterocycles. The zero-order chi connectivity index (χ0) is 69.0. The molecule has 0 amide bonds. The van der Waals surface area contributed by atoms with Crippen molar-refractivity contribution < 1.29 is 80.2 Å². The first-order valence-corrected chi connectivity index (χ1v) is 40.5. The summed E-state index contributed by atoms with van der Waals surface area (Å²) in [6, 6.07) is 0. The molecule has 0 spiro atoms. The fourth-order valence-electron chi connectivity index (χ4n) is 10.1. The van der Waals surface area contributed by atoms with Crippen LogP contribution >= 0.6 is 15.6 Å². The van der Waals surface area contributed by atoms with E-state index in [1.165, 1.54) is 89.9 Å². The summed E-state index contributed by atoms with van der Waals surface area (Å²) in [6.45, 7) is 4.75. The minimum absolute atomic E-state index is 0.0841. The van der Waals surface area contributed by atoms with Crippen LogP contribution in [0.5, 0.6) is 0 Å². The van der Waals surface area contributed by atoms with Gasteiger partial charge in [0.25, 0.3) is 0 Å². The summed E-state index contributed by atoms with van der Waals surface area (Å²) < 4.78 is 68.3. The number of aliphatic hydroxyl groups excluding tert-OH is 1. The summed E-state index contributed by atoms with van der Waals surface area (Å²) in [6.07, 6.45) is 65.0. The molecule has 548 valence electrons. The molecule has 0 aliphatic rings. The number of carbonyl (C=O) groups excluding carboxylic acids is 4. The maximum absolute atomic E-state index is 13.1. The number of phosphoric ester groups is 2. The molecular formula is C75H136O17P2. The molecule has 0 aliphatic carbocycles. The molecule has 5 atom stereocenters. The van der Waals surface area contributed by atoms with Gasteiger partial charge in [-0.1, -0.05) is 249 Å². The molecule has 3 N–H and O–H groups in total. The molecule has 0 radical (unpaired) electrons. The van der Waals surface area contributed by atoms with Crippen LogP contribution in [0.3, 0.4) is 0 Å². The van der Waals surface area contributed by atoms with Crippen LogP contribution < -0.4 is 0 Å². The summed E-state index contributed by atoms with van der Waals surface area (Å²) in [5.74, 6) is -2.20. The van der Waals surface area contributed by atoms with Crippen molar-refractivity contribution in [2.75, 3.05) is 39.6 Å². The molecule has 0 aromatic carbocycles. The van der Waals surface area contributed by atoms with Crippen molar-refractivity contribution in [2.24, 2.45) is 0 Å². The van der Waals surface area contributed by atoms with E-state index in [4.69, 9.17) is 37.0 Å². The van der Waals surface area contributed by atoms with E-state index in [0.717, 1.165) is 167 Å². The number of hydrogen-bond donors (Lipinski definition) is 3. The van der Waals surface area contributed by atoms with Gasteiger partial charge in [0.15, 0.2) is 12.2 Å². The van der Waals surface area contributed by atoms with E-state index < -0.39 is 97.5 Å². The molecule has 0 bridgehead atoms. The molecule has 0 aromatic rings. The molecule has 19 heteroatoms. The van der Waals surface area contributed by atoms with Gasteiger partial charge in [0.2, 0.25) is 0 Å². The van der Waals surface area contributed by atoms with Gasteiger partial charge in [0.05, 0.1) is 26.4 Å². The monoisotopic (exact) mass is 1370 g/mol. The van der Waals surface area contributed by atoms with E-state index in [-0.39, 0.29) is 25.7 Å². The Labute approximate surface area is 571 Å². The van der Waals surface area contributed by atoms with Crippen LogP contribution in [-0.4, -0.2) is 96.7 Å². The van der Waals surface area contributed by atoms with Crippen LogP contribution in [0.15, 0.2) is 60.8 Å². The first-order valence-electron chi connectivity index (χ1n) is 37.5. The van der Waals surface area contributed by atoms with E-state index in [0.29, 0.717) is 25.7 Å². The van der Waals surface area contributed by atoms with E-state index in [2.05, 4.69) is 88.5 Å². The number of rotatable bonds is 71. The second kappa shape index (κ2) is 68.3. The number of esters is 4. The lowest BCUT2D eigenvalue weighted by molar-refractivity contribution is -0.161. The smallest absolute Gasteiger partial charge is 0.462 e. The van der Waals surface area contributed by atoms with Crippen LogP contribution in [0.1, 0.15) is 336 Å². The zero-order valence-electron chi connectivity index (χ0n) is 59.6. The maximum Gasteiger partial charge on any atom is 0.472 e. The van der Waals surface area contributed by atoms with Crippen LogP contribution in [0.25, 0.3) is 0 Å². The quantitative estimate of drug-likeness (QED) is 0.0169. The average molecular weight is 1370 g/mol. The Kier molecular flexibility index (Phi) is 65.9. The van der Waals surface area contributed by atoms with Crippen molar-refractivity contribution in [3.05, 3.63) is 60.8 Å². The van der Waals surface area contributed by atoms with E-state index in [1.807, 2.05) is 0 Å². The SMILES string of the molecule is CCC/C=C\C/C=C\CCCCCCCC(=O)OCC(COP(=O)(O)OCC(O)COP(=O)(O)OCC(COC(=O)CCCCCCC/C=C\CCCCCCCC)OC(=O)CCCCCCC/C=C\CCCCCCCC)OC(=O)CCCCCCC/C=C\CCCC. The average Bonchev–Trinajstić information content (AvgIpc) is 1.22. The third-order valence-electron chi connectivity index (χ3n) is 15.9. The lowest BCUT2D eigenvalue weighted by Gasteiger charge is -2.21. The van der Waals surface area contributed by atoms with Crippen molar-refractivity contribution >= 4 is 39.5 Å². The molecule has 0 saturated carbocycles. The summed E-state index contributed by atoms with van der Waals surface area (Å²) in [7, 11) is -9.94. The Morgan fingerprint density at radius 2 is 0.553 bits per heavy atom. The van der Waals surface area contributed by atoms with Gasteiger partial charge in [0.1, 0.15) is 19.3 Å². The van der Waals surface area contributed by atoms with Gasteiger partial charge < -0.3 is 33.8 Å². The molecular weight excluding hydrogens is 1230 g/mol. The highest BCUT2D eigenvalue weighted by Crippen LogP contribution is 2.45. The number of aliphatic hydroxyl groups is 1. The lowest BCUT2D eigenvalue weighted by atomic mass is 10.1. The number of hydrogen-bond acceptors (Lipinski definition) is 15. The normalized spacial score (nSPS) is 14.3. The van der Waals surface area contributed by atoms with Gasteiger partial charge in [-0.05, 0) is 122 Å². The summed E-state index contributed by atoms with van der Waals surface area (Å²) in [5, 5.41) is 10.6. The second-order valence-corrected chi connectivity index (χ2v) is 28.1. The van der Waals surface area contributed by atoms with Gasteiger partial charge >= 0.3 is 39.5 Å². The van der Waals surface area contributed by atoms with Gasteiger partial charge in [-0.15, -0.1) is 0 Å². The number of allylic oxidation sites excluding steroid dienone is 10. The molecule has 0 rings (SSSR count). The van der Waals surface area contributed by atoms with Crippen LogP contribution in [0.4, 0.5) is 0 Å². The minimum atomic E-state index is -4.97. The van der Waals surface area contributed by atoms with Crippen molar-refractivity contribution in [3.8, 4) is 0 Å². The standard InChI is InChI=1S/C75H136O17P2/c1-5-9-13-17-21-25-29-32-34-37-41-44-48-52-56-60-73(78)86-66-71(92-75(80)62-58-54-50-46-42-38-35-33-30-26-22-18-14-10-6-2)68-90-94(83,84)88-64-69(76)63-87-93(81,82)89-67-70(91-74(79)61-57-53-49-45-39-28-24-20-16-12-8-4)65-85-72(77)59-55-51-47-43-40-36-31-27-23-19-15-11-7-3/h15,19-20,24,27,31-35,69-71,76H,5-14,16-18,21-23,25-26,28-30,36-68H2,1-4H3,(H,81,82)(H,83,84)/b19-15-,24-20-,31-27-,34-32-,35-33-. The van der Waals surface area contributed by atoms with Crippen molar-refractivity contribution in [2.45, 2.75) is 354 Å². The van der Waals surface area contributed by atoms with Crippen LogP contribution in [0.2, 0.25) is 0 Å². The van der Waals surface area contributed by atoms with Gasteiger partial charge in [-0.25, -0.2) is 9.13 Å². The van der Waals surface area contributed by atoms with Crippen molar-refractivity contribution in [1.29, 1.82) is 0 Å². The number of unbranched alkanes of at least 4 members (excludes halogenated alkanes) is 35. The third-order valence-corrected chi connectivity index (χ3v) is 17.8. The lowest BCUT2D eigenvalue weighted by Crippen LogP contribution is -2.30. The highest BCUT2D eigenvalue weighted by molar-refractivity contribution is 7.47. The molecule has 0 heterocycles. The van der Waals surface area contributed by atoms with E-state index in [9.17, 15) is 43.2 Å². The topological polar surface area (TPSA) is 237 Å². The largest absolute Gasteiger partial charge is 0.472 e. The number of phosphoric acid groups is 2. The molecule has 94 heavy (non-hydrogen) atoms. The Bertz CT molecular complexity index is 2030. The van der Waals surface area contributed by atoms with Crippen LogP contribution in [-0.2, 0) is 65.4 Å². The Morgan fingerprint density at radius 3 is 0.872 bits per heavy atom. The highest BCUT2D eigenvalue weighted by Gasteiger charge is 2.30. The fourth-order valence-corrected chi connectivity index (χ4v) is 11.7.